The third-order valence-electron chi connectivity index (χ3n) is 5.80. The summed E-state index contributed by atoms with van der Waals surface area (Å²) in [6.45, 7) is 2.35. The number of sulfonamides is 1. The lowest BCUT2D eigenvalue weighted by Crippen LogP contribution is -2.46. The Labute approximate surface area is 205 Å². The molecule has 0 bridgehead atoms. The molecule has 10 heteroatoms. The molecule has 0 saturated carbocycles. The number of ether oxygens (including phenoxy) is 2. The molecule has 7 nitrogen and oxygen atoms in total. The lowest BCUT2D eigenvalue weighted by Gasteiger charge is -2.32. The van der Waals surface area contributed by atoms with E-state index in [9.17, 15) is 13.2 Å². The molecule has 33 heavy (non-hydrogen) atoms. The minimum Gasteiger partial charge on any atom is -0.493 e. The van der Waals surface area contributed by atoms with Crippen LogP contribution in [0.4, 0.5) is 0 Å². The molecule has 1 aliphatic rings. The average molecular weight is 515 g/mol. The SMILES string of the molecule is COc1ccc([C@@H](C)NC(=O)[C@H]2CCCN(S(=O)(=O)Cc3c(Cl)cccc3Cl)C2)cc1OC. The molecule has 0 aromatic heterocycles. The smallest absolute Gasteiger partial charge is 0.224 e. The third kappa shape index (κ3) is 6.12. The fourth-order valence-electron chi connectivity index (χ4n) is 3.89. The average Bonchev–Trinajstić information content (AvgIpc) is 2.81. The molecular formula is C23H28Cl2N2O5S. The number of hydrogen-bond acceptors (Lipinski definition) is 5. The quantitative estimate of drug-likeness (QED) is 0.563. The van der Waals surface area contributed by atoms with Crippen LogP contribution in [0.5, 0.6) is 11.5 Å². The Morgan fingerprint density at radius 3 is 2.45 bits per heavy atom. The first-order chi connectivity index (χ1) is 15.7. The van der Waals surface area contributed by atoms with E-state index in [4.69, 9.17) is 32.7 Å². The summed E-state index contributed by atoms with van der Waals surface area (Å²) in [6, 6.07) is 10.1. The number of halogens is 2. The van der Waals surface area contributed by atoms with Gasteiger partial charge in [0.1, 0.15) is 0 Å². The maximum absolute atomic E-state index is 13.1. The van der Waals surface area contributed by atoms with E-state index in [1.54, 1.807) is 38.5 Å². The topological polar surface area (TPSA) is 84.9 Å². The monoisotopic (exact) mass is 514 g/mol. The molecule has 3 rings (SSSR count). The number of amides is 1. The van der Waals surface area contributed by atoms with E-state index in [1.807, 2.05) is 19.1 Å². The molecule has 0 radical (unpaired) electrons. The molecule has 1 heterocycles. The van der Waals surface area contributed by atoms with Crippen LogP contribution >= 0.6 is 23.2 Å². The number of benzene rings is 2. The lowest BCUT2D eigenvalue weighted by molar-refractivity contribution is -0.126. The summed E-state index contributed by atoms with van der Waals surface area (Å²) in [5.74, 6) is 0.239. The zero-order valence-corrected chi connectivity index (χ0v) is 21.1. The molecule has 0 unspecified atom stereocenters. The van der Waals surface area contributed by atoms with Gasteiger partial charge in [-0.1, -0.05) is 35.3 Å². The van der Waals surface area contributed by atoms with E-state index < -0.39 is 15.9 Å². The van der Waals surface area contributed by atoms with Gasteiger partial charge in [0.2, 0.25) is 15.9 Å². The minimum atomic E-state index is -3.69. The van der Waals surface area contributed by atoms with E-state index >= 15 is 0 Å². The van der Waals surface area contributed by atoms with Gasteiger partial charge in [-0.2, -0.15) is 0 Å². The number of nitrogens with zero attached hydrogens (tertiary/aromatic N) is 1. The Morgan fingerprint density at radius 2 is 1.82 bits per heavy atom. The van der Waals surface area contributed by atoms with Gasteiger partial charge in [-0.25, -0.2) is 12.7 Å². The molecule has 2 aromatic rings. The van der Waals surface area contributed by atoms with Gasteiger partial charge in [0.25, 0.3) is 0 Å². The minimum absolute atomic E-state index is 0.120. The second-order valence-corrected chi connectivity index (χ2v) is 10.8. The predicted molar refractivity (Wildman–Crippen MR) is 129 cm³/mol. The second-order valence-electron chi connectivity index (χ2n) is 8.00. The van der Waals surface area contributed by atoms with Crippen LogP contribution in [0.2, 0.25) is 10.0 Å². The van der Waals surface area contributed by atoms with Crippen molar-refractivity contribution in [1.82, 2.24) is 9.62 Å². The van der Waals surface area contributed by atoms with Crippen molar-refractivity contribution in [2.75, 3.05) is 27.3 Å². The van der Waals surface area contributed by atoms with Crippen LogP contribution in [0.1, 0.15) is 36.9 Å². The number of carbonyl (C=O) groups is 1. The number of piperidine rings is 1. The number of nitrogens with one attached hydrogen (secondary N) is 1. The number of rotatable bonds is 8. The highest BCUT2D eigenvalue weighted by atomic mass is 35.5. The standard InChI is InChI=1S/C23H28Cl2N2O5S/c1-15(16-9-10-21(31-2)22(12-16)32-3)26-23(28)17-6-5-11-27(13-17)33(29,30)14-18-19(24)7-4-8-20(18)25/h4,7-10,12,15,17H,5-6,11,13-14H2,1-3H3,(H,26,28)/t15-,17+/m1/s1. The summed E-state index contributed by atoms with van der Waals surface area (Å²) in [6.07, 6.45) is 1.21. The van der Waals surface area contributed by atoms with Gasteiger partial charge in [-0.15, -0.1) is 0 Å². The summed E-state index contributed by atoms with van der Waals surface area (Å²) < 4.78 is 38.1. The molecule has 1 fully saturated rings. The zero-order chi connectivity index (χ0) is 24.2. The fourth-order valence-corrected chi connectivity index (χ4v) is 6.25. The van der Waals surface area contributed by atoms with Gasteiger partial charge in [0.05, 0.1) is 31.9 Å². The summed E-state index contributed by atoms with van der Waals surface area (Å²) in [5, 5.41) is 3.61. The van der Waals surface area contributed by atoms with Crippen molar-refractivity contribution in [1.29, 1.82) is 0 Å². The molecule has 0 aliphatic carbocycles. The van der Waals surface area contributed by atoms with Crippen molar-refractivity contribution >= 4 is 39.1 Å². The van der Waals surface area contributed by atoms with Gasteiger partial charge < -0.3 is 14.8 Å². The van der Waals surface area contributed by atoms with E-state index in [1.165, 1.54) is 4.31 Å². The number of carbonyl (C=O) groups excluding carboxylic acids is 1. The Bertz CT molecular complexity index is 1090. The Kier molecular flexibility index (Phi) is 8.50. The second kappa shape index (κ2) is 11.0. The molecule has 1 N–H and O–H groups in total. The number of hydrogen-bond donors (Lipinski definition) is 1. The molecule has 180 valence electrons. The molecule has 1 amide bonds. The van der Waals surface area contributed by atoms with E-state index in [0.29, 0.717) is 46.5 Å². The van der Waals surface area contributed by atoms with Gasteiger partial charge in [-0.05, 0) is 49.6 Å². The van der Waals surface area contributed by atoms with E-state index in [-0.39, 0.29) is 24.2 Å². The van der Waals surface area contributed by atoms with Crippen molar-refractivity contribution in [2.45, 2.75) is 31.6 Å². The largest absolute Gasteiger partial charge is 0.493 e. The predicted octanol–water partition coefficient (Wildman–Crippen LogP) is 4.43. The van der Waals surface area contributed by atoms with Gasteiger partial charge in [0.15, 0.2) is 11.5 Å². The first kappa shape index (κ1) is 25.6. The van der Waals surface area contributed by atoms with Gasteiger partial charge in [-0.3, -0.25) is 4.79 Å². The molecule has 0 spiro atoms. The van der Waals surface area contributed by atoms with Crippen molar-refractivity contribution < 1.29 is 22.7 Å². The highest BCUT2D eigenvalue weighted by Crippen LogP contribution is 2.31. The number of methoxy groups -OCH3 is 2. The van der Waals surface area contributed by atoms with Crippen LogP contribution < -0.4 is 14.8 Å². The highest BCUT2D eigenvalue weighted by molar-refractivity contribution is 7.88. The van der Waals surface area contributed by atoms with E-state index in [2.05, 4.69) is 5.32 Å². The van der Waals surface area contributed by atoms with Gasteiger partial charge >= 0.3 is 0 Å². The fraction of sp³-hybridized carbons (Fsp3) is 0.435. The van der Waals surface area contributed by atoms with Crippen LogP contribution in [-0.4, -0.2) is 45.9 Å². The zero-order valence-electron chi connectivity index (χ0n) is 18.8. The molecule has 2 atom stereocenters. The van der Waals surface area contributed by atoms with Crippen LogP contribution in [0.25, 0.3) is 0 Å². The van der Waals surface area contributed by atoms with Crippen molar-refractivity contribution in [3.8, 4) is 11.5 Å². The van der Waals surface area contributed by atoms with Gasteiger partial charge in [0, 0.05) is 28.7 Å². The maximum Gasteiger partial charge on any atom is 0.224 e. The molecule has 1 aliphatic heterocycles. The normalized spacial score (nSPS) is 17.9. The van der Waals surface area contributed by atoms with Crippen LogP contribution in [0.3, 0.4) is 0 Å². The maximum atomic E-state index is 13.1. The molecule has 2 aromatic carbocycles. The summed E-state index contributed by atoms with van der Waals surface area (Å²) in [7, 11) is -0.577. The molecular weight excluding hydrogens is 487 g/mol. The molecule has 1 saturated heterocycles. The van der Waals surface area contributed by atoms with Crippen LogP contribution in [0, 0.1) is 5.92 Å². The van der Waals surface area contributed by atoms with Crippen LogP contribution in [0.15, 0.2) is 36.4 Å². The Morgan fingerprint density at radius 1 is 1.15 bits per heavy atom. The van der Waals surface area contributed by atoms with Crippen molar-refractivity contribution in [3.05, 3.63) is 57.6 Å². The summed E-state index contributed by atoms with van der Waals surface area (Å²) in [4.78, 5) is 13.0. The highest BCUT2D eigenvalue weighted by Gasteiger charge is 2.33. The van der Waals surface area contributed by atoms with Crippen molar-refractivity contribution in [3.63, 3.8) is 0 Å². The first-order valence-electron chi connectivity index (χ1n) is 10.6. The van der Waals surface area contributed by atoms with Crippen molar-refractivity contribution in [2.24, 2.45) is 5.92 Å². The Hall–Kier alpha value is -2.00. The summed E-state index contributed by atoms with van der Waals surface area (Å²) in [5.41, 5.74) is 1.23. The lowest BCUT2D eigenvalue weighted by atomic mass is 9.98. The van der Waals surface area contributed by atoms with Crippen LogP contribution in [-0.2, 0) is 20.6 Å². The third-order valence-corrected chi connectivity index (χ3v) is 8.28. The van der Waals surface area contributed by atoms with E-state index in [0.717, 1.165) is 5.56 Å². The Balaban J connectivity index is 1.67. The first-order valence-corrected chi connectivity index (χ1v) is 13.0. The summed E-state index contributed by atoms with van der Waals surface area (Å²) >= 11 is 12.3.